The molecule has 0 aliphatic carbocycles. The molecule has 0 radical (unpaired) electrons. The van der Waals surface area contributed by atoms with Gasteiger partial charge < -0.3 is 9.09 Å². The van der Waals surface area contributed by atoms with Gasteiger partial charge in [0, 0.05) is 18.5 Å². The summed E-state index contributed by atoms with van der Waals surface area (Å²) in [5.41, 5.74) is 4.09. The van der Waals surface area contributed by atoms with Gasteiger partial charge >= 0.3 is 0 Å². The van der Waals surface area contributed by atoms with Crippen LogP contribution in [0.25, 0.3) is 21.9 Å². The van der Waals surface area contributed by atoms with E-state index in [4.69, 9.17) is 9.78 Å². The minimum atomic E-state index is 0.585. The molecule has 0 unspecified atom stereocenters. The summed E-state index contributed by atoms with van der Waals surface area (Å²) in [6, 6.07) is 9.57. The number of hydrogen-bond donors (Lipinski definition) is 0. The van der Waals surface area contributed by atoms with Crippen molar-refractivity contribution in [3.8, 4) is 6.07 Å². The van der Waals surface area contributed by atoms with E-state index in [1.807, 2.05) is 36.7 Å². The molecule has 1 aromatic carbocycles. The Bertz CT molecular complexity index is 1150. The molecule has 29 heavy (non-hydrogen) atoms. The second-order valence-electron chi connectivity index (χ2n) is 7.24. The van der Waals surface area contributed by atoms with Crippen molar-refractivity contribution in [3.05, 3.63) is 53.3 Å². The van der Waals surface area contributed by atoms with Crippen molar-refractivity contribution in [1.82, 2.24) is 19.7 Å². The molecule has 6 heteroatoms. The van der Waals surface area contributed by atoms with Gasteiger partial charge in [-0.05, 0) is 25.1 Å². The molecule has 3 heterocycles. The molecule has 0 spiro atoms. The quantitative estimate of drug-likeness (QED) is 0.423. The van der Waals surface area contributed by atoms with Crippen LogP contribution in [0, 0.1) is 18.3 Å². The van der Waals surface area contributed by atoms with Gasteiger partial charge in [0.05, 0.1) is 41.0 Å². The van der Waals surface area contributed by atoms with Crippen LogP contribution in [0.1, 0.15) is 62.4 Å². The highest BCUT2D eigenvalue weighted by molar-refractivity contribution is 6.02. The smallest absolute Gasteiger partial charge is 0.133 e. The van der Waals surface area contributed by atoms with E-state index in [-0.39, 0.29) is 0 Å². The maximum atomic E-state index is 9.13. The van der Waals surface area contributed by atoms with Gasteiger partial charge in [-0.2, -0.15) is 5.26 Å². The summed E-state index contributed by atoms with van der Waals surface area (Å²) in [5.74, 6) is 1.66. The second kappa shape index (κ2) is 9.33. The molecule has 0 saturated heterocycles. The molecule has 3 aromatic heterocycles. The maximum Gasteiger partial charge on any atom is 0.133 e. The van der Waals surface area contributed by atoms with Crippen molar-refractivity contribution in [1.29, 1.82) is 5.26 Å². The molecule has 0 bridgehead atoms. The minimum absolute atomic E-state index is 0.585. The van der Waals surface area contributed by atoms with Crippen molar-refractivity contribution < 1.29 is 4.52 Å². The number of nitrogens with zero attached hydrogens (tertiary/aromatic N) is 5. The third-order valence-corrected chi connectivity index (χ3v) is 4.89. The van der Waals surface area contributed by atoms with Crippen LogP contribution in [0.15, 0.2) is 35.0 Å². The number of rotatable bonds is 5. The van der Waals surface area contributed by atoms with Crippen LogP contribution in [-0.4, -0.2) is 19.7 Å². The first kappa shape index (κ1) is 20.5. The summed E-state index contributed by atoms with van der Waals surface area (Å²) in [6.07, 6.45) is 7.89. The molecule has 0 saturated carbocycles. The largest absolute Gasteiger partial charge is 0.361 e. The highest BCUT2D eigenvalue weighted by Gasteiger charge is 2.14. The molecule has 0 N–H and O–H groups in total. The first-order valence-corrected chi connectivity index (χ1v) is 10.1. The molecular formula is C23H27N5O. The summed E-state index contributed by atoms with van der Waals surface area (Å²) in [7, 11) is 1.97. The summed E-state index contributed by atoms with van der Waals surface area (Å²) in [6.45, 7) is 6.33. The zero-order chi connectivity index (χ0) is 20.8. The predicted octanol–water partition coefficient (Wildman–Crippen LogP) is 5.47. The molecule has 6 nitrogen and oxygen atoms in total. The van der Waals surface area contributed by atoms with Gasteiger partial charge in [-0.3, -0.25) is 4.98 Å². The Hall–Kier alpha value is -3.20. The lowest BCUT2D eigenvalue weighted by molar-refractivity contribution is 0.391. The Balaban J connectivity index is 0.000000353. The first-order valence-electron chi connectivity index (χ1n) is 10.1. The third kappa shape index (κ3) is 4.62. The molecule has 0 aliphatic rings. The fraction of sp³-hybridized carbons (Fsp3) is 0.391. The van der Waals surface area contributed by atoms with Crippen LogP contribution in [-0.2, 0) is 13.5 Å². The number of hydrogen-bond acceptors (Lipinski definition) is 5. The number of imidazole rings is 1. The standard InChI is InChI=1S/C17H13N5O.C6H14/c1-10-5-12(21-23-10)7-16-20-15-9-19-14-4-3-11(8-18)6-13(14)17(15)22(16)2;1-3-5-6-4-2/h3-6,9H,7H2,1-2H3;3-6H2,1-2H3. The summed E-state index contributed by atoms with van der Waals surface area (Å²) in [5, 5.41) is 14.1. The predicted molar refractivity (Wildman–Crippen MR) is 115 cm³/mol. The zero-order valence-electron chi connectivity index (χ0n) is 17.6. The SMILES string of the molecule is CCCCCC.Cc1cc(Cc2nc3cnc4ccc(C#N)cc4c3n2C)no1. The van der Waals surface area contributed by atoms with Crippen LogP contribution in [0.4, 0.5) is 0 Å². The van der Waals surface area contributed by atoms with E-state index in [9.17, 15) is 0 Å². The van der Waals surface area contributed by atoms with E-state index in [0.717, 1.165) is 39.2 Å². The number of benzene rings is 1. The van der Waals surface area contributed by atoms with Crippen molar-refractivity contribution in [2.75, 3.05) is 0 Å². The average molecular weight is 390 g/mol. The Morgan fingerprint density at radius 2 is 1.86 bits per heavy atom. The summed E-state index contributed by atoms with van der Waals surface area (Å²) in [4.78, 5) is 9.09. The molecule has 150 valence electrons. The molecule has 0 amide bonds. The highest BCUT2D eigenvalue weighted by atomic mass is 16.5. The van der Waals surface area contributed by atoms with Crippen LogP contribution in [0.3, 0.4) is 0 Å². The summed E-state index contributed by atoms with van der Waals surface area (Å²) < 4.78 is 7.15. The lowest BCUT2D eigenvalue weighted by Crippen LogP contribution is -1.99. The number of fused-ring (bicyclic) bond motifs is 3. The highest BCUT2D eigenvalue weighted by Crippen LogP contribution is 2.25. The van der Waals surface area contributed by atoms with E-state index >= 15 is 0 Å². The molecule has 0 aliphatic heterocycles. The average Bonchev–Trinajstić information content (AvgIpc) is 3.29. The number of aromatic nitrogens is 4. The number of pyridine rings is 1. The van der Waals surface area contributed by atoms with E-state index < -0.39 is 0 Å². The van der Waals surface area contributed by atoms with Gasteiger partial charge in [0.1, 0.15) is 17.1 Å². The van der Waals surface area contributed by atoms with E-state index in [1.54, 1.807) is 12.3 Å². The van der Waals surface area contributed by atoms with Gasteiger partial charge in [0.15, 0.2) is 0 Å². The van der Waals surface area contributed by atoms with E-state index in [2.05, 4.69) is 35.0 Å². The van der Waals surface area contributed by atoms with Gasteiger partial charge in [0.25, 0.3) is 0 Å². The fourth-order valence-corrected chi connectivity index (χ4v) is 3.34. The maximum absolute atomic E-state index is 9.13. The summed E-state index contributed by atoms with van der Waals surface area (Å²) >= 11 is 0. The lowest BCUT2D eigenvalue weighted by atomic mass is 10.1. The number of aryl methyl sites for hydroxylation is 2. The molecule has 0 atom stereocenters. The van der Waals surface area contributed by atoms with Crippen LogP contribution >= 0.6 is 0 Å². The molecular weight excluding hydrogens is 362 g/mol. The van der Waals surface area contributed by atoms with Gasteiger partial charge in [-0.1, -0.05) is 44.7 Å². The molecule has 0 fully saturated rings. The lowest BCUT2D eigenvalue weighted by Gasteiger charge is -2.03. The second-order valence-corrected chi connectivity index (χ2v) is 7.24. The van der Waals surface area contributed by atoms with E-state index in [1.165, 1.54) is 25.7 Å². The molecule has 4 rings (SSSR count). The van der Waals surface area contributed by atoms with Crippen LogP contribution in [0.2, 0.25) is 0 Å². The van der Waals surface area contributed by atoms with Gasteiger partial charge in [-0.25, -0.2) is 4.98 Å². The Labute approximate surface area is 171 Å². The van der Waals surface area contributed by atoms with Crippen molar-refractivity contribution in [3.63, 3.8) is 0 Å². The Morgan fingerprint density at radius 3 is 2.48 bits per heavy atom. The van der Waals surface area contributed by atoms with Crippen LogP contribution in [0.5, 0.6) is 0 Å². The van der Waals surface area contributed by atoms with Crippen molar-refractivity contribution in [2.45, 2.75) is 52.9 Å². The van der Waals surface area contributed by atoms with E-state index in [0.29, 0.717) is 12.0 Å². The fourth-order valence-electron chi connectivity index (χ4n) is 3.34. The van der Waals surface area contributed by atoms with Gasteiger partial charge in [-0.15, -0.1) is 0 Å². The zero-order valence-corrected chi connectivity index (χ0v) is 17.6. The van der Waals surface area contributed by atoms with Crippen molar-refractivity contribution >= 4 is 21.9 Å². The third-order valence-electron chi connectivity index (χ3n) is 4.89. The molecule has 4 aromatic rings. The monoisotopic (exact) mass is 389 g/mol. The minimum Gasteiger partial charge on any atom is -0.361 e. The topological polar surface area (TPSA) is 80.5 Å². The van der Waals surface area contributed by atoms with Gasteiger partial charge in [0.2, 0.25) is 0 Å². The Morgan fingerprint density at radius 1 is 1.10 bits per heavy atom. The first-order chi connectivity index (χ1) is 14.1. The van der Waals surface area contributed by atoms with Crippen molar-refractivity contribution in [2.24, 2.45) is 7.05 Å². The van der Waals surface area contributed by atoms with Crippen LogP contribution < -0.4 is 0 Å². The number of nitriles is 1. The Kier molecular flexibility index (Phi) is 6.61. The number of unbranched alkanes of at least 4 members (excludes halogenated alkanes) is 3. The normalized spacial score (nSPS) is 10.7.